The summed E-state index contributed by atoms with van der Waals surface area (Å²) in [6, 6.07) is 6.35. The van der Waals surface area contributed by atoms with Gasteiger partial charge in [0.1, 0.15) is 16.4 Å². The number of carbonyl (C=O) groups is 1. The SMILES string of the molecule is O=C1OC(c2cccs2)=C/C1=C/c1ccc([N+](=O)[O-])o1. The lowest BCUT2D eigenvalue weighted by molar-refractivity contribution is -0.402. The molecular weight excluding hydrogens is 282 g/mol. The predicted molar refractivity (Wildman–Crippen MR) is 71.7 cm³/mol. The van der Waals surface area contributed by atoms with Crippen LogP contribution in [0.4, 0.5) is 5.88 Å². The van der Waals surface area contributed by atoms with E-state index in [0.717, 1.165) is 4.88 Å². The lowest BCUT2D eigenvalue weighted by Crippen LogP contribution is -1.96. The minimum Gasteiger partial charge on any atom is -0.421 e. The van der Waals surface area contributed by atoms with Gasteiger partial charge in [-0.25, -0.2) is 4.79 Å². The Morgan fingerprint density at radius 2 is 2.15 bits per heavy atom. The quantitative estimate of drug-likeness (QED) is 0.375. The zero-order chi connectivity index (χ0) is 14.1. The van der Waals surface area contributed by atoms with Gasteiger partial charge in [-0.1, -0.05) is 6.07 Å². The van der Waals surface area contributed by atoms with E-state index in [4.69, 9.17) is 9.15 Å². The van der Waals surface area contributed by atoms with Crippen molar-refractivity contribution in [2.75, 3.05) is 0 Å². The van der Waals surface area contributed by atoms with Crippen molar-refractivity contribution in [2.24, 2.45) is 0 Å². The first-order valence-electron chi connectivity index (χ1n) is 5.57. The molecule has 6 nitrogen and oxygen atoms in total. The highest BCUT2D eigenvalue weighted by molar-refractivity contribution is 7.11. The molecule has 1 aliphatic rings. The molecule has 7 heteroatoms. The molecule has 3 heterocycles. The Hall–Kier alpha value is -2.67. The third-order valence-electron chi connectivity index (χ3n) is 2.58. The van der Waals surface area contributed by atoms with Crippen LogP contribution in [0.2, 0.25) is 0 Å². The van der Waals surface area contributed by atoms with Crippen LogP contribution < -0.4 is 0 Å². The summed E-state index contributed by atoms with van der Waals surface area (Å²) in [5.74, 6) is -0.178. The van der Waals surface area contributed by atoms with E-state index in [0.29, 0.717) is 5.76 Å². The van der Waals surface area contributed by atoms with Gasteiger partial charge < -0.3 is 9.15 Å². The fourth-order valence-electron chi connectivity index (χ4n) is 1.70. The Morgan fingerprint density at radius 3 is 2.80 bits per heavy atom. The van der Waals surface area contributed by atoms with Crippen molar-refractivity contribution in [3.05, 3.63) is 62.0 Å². The molecule has 0 unspecified atom stereocenters. The van der Waals surface area contributed by atoms with Crippen LogP contribution in [0, 0.1) is 10.1 Å². The summed E-state index contributed by atoms with van der Waals surface area (Å²) in [5.41, 5.74) is 0.289. The summed E-state index contributed by atoms with van der Waals surface area (Å²) in [5, 5.41) is 12.4. The van der Waals surface area contributed by atoms with E-state index in [9.17, 15) is 14.9 Å². The van der Waals surface area contributed by atoms with Crippen molar-refractivity contribution in [3.8, 4) is 0 Å². The average molecular weight is 289 g/mol. The Kier molecular flexibility index (Phi) is 2.96. The lowest BCUT2D eigenvalue weighted by atomic mass is 10.2. The van der Waals surface area contributed by atoms with Crippen molar-refractivity contribution in [3.63, 3.8) is 0 Å². The maximum Gasteiger partial charge on any atom is 0.433 e. The van der Waals surface area contributed by atoms with Crippen LogP contribution >= 0.6 is 11.3 Å². The van der Waals surface area contributed by atoms with Crippen LogP contribution in [0.25, 0.3) is 11.8 Å². The van der Waals surface area contributed by atoms with E-state index in [1.165, 1.54) is 29.5 Å². The molecule has 0 saturated carbocycles. The number of hydrogen-bond donors (Lipinski definition) is 0. The number of thiophene rings is 1. The van der Waals surface area contributed by atoms with Crippen molar-refractivity contribution in [1.29, 1.82) is 0 Å². The zero-order valence-corrected chi connectivity index (χ0v) is 10.8. The first-order chi connectivity index (χ1) is 9.63. The summed E-state index contributed by atoms with van der Waals surface area (Å²) in [6.07, 6.45) is 3.00. The topological polar surface area (TPSA) is 82.6 Å². The zero-order valence-electron chi connectivity index (χ0n) is 9.94. The highest BCUT2D eigenvalue weighted by atomic mass is 32.1. The van der Waals surface area contributed by atoms with E-state index in [-0.39, 0.29) is 17.2 Å². The van der Waals surface area contributed by atoms with E-state index in [2.05, 4.69) is 0 Å². The smallest absolute Gasteiger partial charge is 0.421 e. The maximum atomic E-state index is 11.7. The highest BCUT2D eigenvalue weighted by Crippen LogP contribution is 2.30. The molecule has 0 N–H and O–H groups in total. The molecule has 0 spiro atoms. The van der Waals surface area contributed by atoms with Gasteiger partial charge in [-0.3, -0.25) is 10.1 Å². The summed E-state index contributed by atoms with van der Waals surface area (Å²) in [7, 11) is 0. The molecule has 0 bridgehead atoms. The summed E-state index contributed by atoms with van der Waals surface area (Å²) in [6.45, 7) is 0. The lowest BCUT2D eigenvalue weighted by Gasteiger charge is -1.95. The third-order valence-corrected chi connectivity index (χ3v) is 3.46. The molecule has 2 aromatic rings. The Labute approximate surface area is 116 Å². The number of esters is 1. The third kappa shape index (κ3) is 2.26. The van der Waals surface area contributed by atoms with Gasteiger partial charge in [0.2, 0.25) is 0 Å². The molecule has 100 valence electrons. The van der Waals surface area contributed by atoms with Gasteiger partial charge in [0.25, 0.3) is 0 Å². The fourth-order valence-corrected chi connectivity index (χ4v) is 2.38. The Bertz CT molecular complexity index is 739. The van der Waals surface area contributed by atoms with E-state index >= 15 is 0 Å². The van der Waals surface area contributed by atoms with Crippen LogP contribution in [0.3, 0.4) is 0 Å². The second-order valence-corrected chi connectivity index (χ2v) is 4.86. The molecule has 0 amide bonds. The maximum absolute atomic E-state index is 11.7. The van der Waals surface area contributed by atoms with Gasteiger partial charge in [-0.05, 0) is 29.7 Å². The Morgan fingerprint density at radius 1 is 1.30 bits per heavy atom. The number of ether oxygens (including phenoxy) is 1. The van der Waals surface area contributed by atoms with Crippen molar-refractivity contribution < 1.29 is 18.9 Å². The van der Waals surface area contributed by atoms with Crippen LogP contribution in [0.1, 0.15) is 10.6 Å². The molecular formula is C13H7NO5S. The number of nitro groups is 1. The minimum absolute atomic E-state index is 0.229. The fraction of sp³-hybridized carbons (Fsp3) is 0. The van der Waals surface area contributed by atoms with Crippen LogP contribution in [-0.4, -0.2) is 10.9 Å². The van der Waals surface area contributed by atoms with Crippen LogP contribution in [0.15, 0.2) is 45.7 Å². The summed E-state index contributed by atoms with van der Waals surface area (Å²) >= 11 is 1.45. The molecule has 0 aromatic carbocycles. The minimum atomic E-state index is -0.637. The van der Waals surface area contributed by atoms with Gasteiger partial charge in [0.15, 0.2) is 0 Å². The highest BCUT2D eigenvalue weighted by Gasteiger charge is 2.23. The summed E-state index contributed by atoms with van der Waals surface area (Å²) in [4.78, 5) is 22.4. The van der Waals surface area contributed by atoms with E-state index in [1.54, 1.807) is 6.08 Å². The molecule has 0 fully saturated rings. The van der Waals surface area contributed by atoms with E-state index < -0.39 is 10.9 Å². The van der Waals surface area contributed by atoms with Gasteiger partial charge in [0, 0.05) is 0 Å². The monoisotopic (exact) mass is 289 g/mol. The summed E-state index contributed by atoms with van der Waals surface area (Å²) < 4.78 is 10.1. The Balaban J connectivity index is 1.91. The second-order valence-electron chi connectivity index (χ2n) is 3.91. The number of hydrogen-bond acceptors (Lipinski definition) is 6. The number of furan rings is 1. The number of carbonyl (C=O) groups excluding carboxylic acids is 1. The van der Waals surface area contributed by atoms with Crippen molar-refractivity contribution in [2.45, 2.75) is 0 Å². The van der Waals surface area contributed by atoms with E-state index in [1.807, 2.05) is 17.5 Å². The first-order valence-corrected chi connectivity index (χ1v) is 6.45. The van der Waals surface area contributed by atoms with Gasteiger partial charge in [-0.2, -0.15) is 0 Å². The molecule has 1 aliphatic heterocycles. The van der Waals surface area contributed by atoms with Crippen molar-refractivity contribution >= 4 is 35.0 Å². The normalized spacial score (nSPS) is 16.3. The van der Waals surface area contributed by atoms with Gasteiger partial charge in [0.05, 0.1) is 16.5 Å². The standard InChI is InChI=1S/C13H7NO5S/c15-13-8(6-9-3-4-12(18-9)14(16)17)7-10(19-13)11-2-1-5-20-11/h1-7H/b8-6-. The molecule has 0 aliphatic carbocycles. The van der Waals surface area contributed by atoms with Crippen LogP contribution in [0.5, 0.6) is 0 Å². The van der Waals surface area contributed by atoms with Gasteiger partial charge in [-0.15, -0.1) is 11.3 Å². The average Bonchev–Trinajstić information content (AvgIpc) is 3.11. The van der Waals surface area contributed by atoms with Gasteiger partial charge >= 0.3 is 11.9 Å². The number of cyclic esters (lactones) is 1. The second kappa shape index (κ2) is 4.78. The molecule has 0 radical (unpaired) electrons. The molecule has 2 aromatic heterocycles. The number of nitrogens with zero attached hydrogens (tertiary/aromatic N) is 1. The molecule has 0 saturated heterocycles. The molecule has 3 rings (SSSR count). The van der Waals surface area contributed by atoms with Crippen LogP contribution in [-0.2, 0) is 9.53 Å². The largest absolute Gasteiger partial charge is 0.433 e. The molecule has 0 atom stereocenters. The first kappa shape index (κ1) is 12.4. The molecule has 20 heavy (non-hydrogen) atoms. The number of rotatable bonds is 3. The van der Waals surface area contributed by atoms with Crippen molar-refractivity contribution in [1.82, 2.24) is 0 Å². The predicted octanol–water partition coefficient (Wildman–Crippen LogP) is 3.23.